The van der Waals surface area contributed by atoms with Crippen molar-refractivity contribution in [3.8, 4) is 0 Å². The van der Waals surface area contributed by atoms with Crippen LogP contribution >= 0.6 is 0 Å². The molecule has 11 heteroatoms. The molecule has 0 spiro atoms. The first-order valence-electron chi connectivity index (χ1n) is 11.9. The Labute approximate surface area is 197 Å². The number of rotatable bonds is 5. The zero-order chi connectivity index (χ0) is 24.9. The van der Waals surface area contributed by atoms with Crippen molar-refractivity contribution in [2.24, 2.45) is 0 Å². The van der Waals surface area contributed by atoms with Crippen LogP contribution in [0.25, 0.3) is 0 Å². The molecule has 9 nitrogen and oxygen atoms in total. The highest BCUT2D eigenvalue weighted by Gasteiger charge is 2.61. The number of nitrogens with zero attached hydrogens (tertiary/aromatic N) is 1. The molecule has 0 aromatic carbocycles. The summed E-state index contributed by atoms with van der Waals surface area (Å²) in [6.45, 7) is 18.8. The number of aromatic nitrogens is 2. The van der Waals surface area contributed by atoms with Gasteiger partial charge >= 0.3 is 22.8 Å². The summed E-state index contributed by atoms with van der Waals surface area (Å²) in [4.78, 5) is 26.7. The van der Waals surface area contributed by atoms with Gasteiger partial charge in [0.15, 0.2) is 6.23 Å². The molecule has 0 bridgehead atoms. The number of aryl methyl sites for hydroxylation is 1. The summed E-state index contributed by atoms with van der Waals surface area (Å²) in [6.07, 6.45) is -1.98. The molecular weight excluding hydrogens is 460 g/mol. The number of aromatic amines is 1. The van der Waals surface area contributed by atoms with E-state index in [4.69, 9.17) is 17.7 Å². The monoisotopic (exact) mass is 500 g/mol. The van der Waals surface area contributed by atoms with Crippen molar-refractivity contribution in [1.82, 2.24) is 9.55 Å². The van der Waals surface area contributed by atoms with Crippen LogP contribution in [-0.2, 0) is 17.7 Å². The highest BCUT2D eigenvalue weighted by molar-refractivity contribution is 6.83. The number of ether oxygens (including phenoxy) is 1. The van der Waals surface area contributed by atoms with Gasteiger partial charge in [-0.25, -0.2) is 4.79 Å². The van der Waals surface area contributed by atoms with Crippen LogP contribution in [0.5, 0.6) is 0 Å². The fourth-order valence-electron chi connectivity index (χ4n) is 5.14. The maximum Gasteiger partial charge on any atom is 0.335 e. The zero-order valence-corrected chi connectivity index (χ0v) is 23.2. The van der Waals surface area contributed by atoms with Gasteiger partial charge in [0.2, 0.25) is 0 Å². The van der Waals surface area contributed by atoms with E-state index >= 15 is 0 Å². The number of hydrogen-bond donors (Lipinski definition) is 2. The van der Waals surface area contributed by atoms with Crippen molar-refractivity contribution in [2.45, 2.75) is 109 Å². The van der Waals surface area contributed by atoms with Crippen molar-refractivity contribution in [1.29, 1.82) is 0 Å². The number of aliphatic hydroxyl groups excluding tert-OH is 1. The predicted octanol–water partition coefficient (Wildman–Crippen LogP) is 3.06. The minimum atomic E-state index is -2.92. The third-order valence-electron chi connectivity index (χ3n) is 7.06. The predicted molar refractivity (Wildman–Crippen MR) is 130 cm³/mol. The molecule has 33 heavy (non-hydrogen) atoms. The van der Waals surface area contributed by atoms with Crippen LogP contribution in [0.1, 0.15) is 67.2 Å². The van der Waals surface area contributed by atoms with Gasteiger partial charge in [0.25, 0.3) is 5.56 Å². The van der Waals surface area contributed by atoms with Crippen molar-refractivity contribution >= 4 is 17.1 Å². The van der Waals surface area contributed by atoms with Crippen LogP contribution in [-0.4, -0.2) is 56.7 Å². The first kappa shape index (κ1) is 26.5. The van der Waals surface area contributed by atoms with Gasteiger partial charge in [-0.1, -0.05) is 55.4 Å². The van der Waals surface area contributed by atoms with E-state index in [2.05, 4.69) is 60.4 Å². The number of hydrogen-bond acceptors (Lipinski definition) is 7. The Morgan fingerprint density at radius 3 is 2.06 bits per heavy atom. The normalized spacial score (nSPS) is 29.5. The summed E-state index contributed by atoms with van der Waals surface area (Å²) in [5.74, 6) is 0. The molecule has 1 aromatic rings. The molecule has 0 saturated carbocycles. The van der Waals surface area contributed by atoms with E-state index in [1.165, 1.54) is 10.8 Å². The van der Waals surface area contributed by atoms with Crippen molar-refractivity contribution < 1.29 is 22.8 Å². The molecule has 4 atom stereocenters. The Hall–Kier alpha value is -1.09. The van der Waals surface area contributed by atoms with Gasteiger partial charge in [-0.15, -0.1) is 0 Å². The molecule has 2 saturated heterocycles. The second-order valence-corrected chi connectivity index (χ2v) is 19.4. The molecule has 1 aromatic heterocycles. The lowest BCUT2D eigenvalue weighted by molar-refractivity contribution is -0.0601. The van der Waals surface area contributed by atoms with E-state index in [0.29, 0.717) is 5.56 Å². The lowest BCUT2D eigenvalue weighted by Crippen LogP contribution is -2.65. The molecule has 2 fully saturated rings. The average molecular weight is 501 g/mol. The van der Waals surface area contributed by atoms with Crippen molar-refractivity contribution in [3.05, 3.63) is 32.6 Å². The minimum Gasteiger partial charge on any atom is -0.414 e. The highest BCUT2D eigenvalue weighted by Crippen LogP contribution is 2.48. The van der Waals surface area contributed by atoms with Crippen LogP contribution in [0.2, 0.25) is 22.2 Å². The smallest absolute Gasteiger partial charge is 0.335 e. The Morgan fingerprint density at radius 1 is 1.00 bits per heavy atom. The first-order valence-corrected chi connectivity index (χ1v) is 15.9. The van der Waals surface area contributed by atoms with Gasteiger partial charge in [0.1, 0.15) is 18.3 Å². The summed E-state index contributed by atoms with van der Waals surface area (Å²) in [7, 11) is -5.65. The molecule has 188 valence electrons. The van der Waals surface area contributed by atoms with E-state index < -0.39 is 52.9 Å². The van der Waals surface area contributed by atoms with Crippen LogP contribution in [0, 0.1) is 6.92 Å². The standard InChI is InChI=1S/C22H40N2O7Si2/c1-12(2)32(13(3)4)28-11-17-19(30-33(31-32,14(5)6)15(7)8)18(25)21(29-17)24-10-16(9)20(26)23-22(24)27/h10,12-15,17-19,21,25H,11H2,1-9H3,(H,23,26,27)/t17-,18+,19-,21+/m0/s1. The average Bonchev–Trinajstić information content (AvgIpc) is 2.98. The van der Waals surface area contributed by atoms with E-state index in [-0.39, 0.29) is 28.8 Å². The number of H-pyrrole nitrogens is 1. The van der Waals surface area contributed by atoms with Gasteiger partial charge in [0.05, 0.1) is 6.61 Å². The molecule has 0 amide bonds. The summed E-state index contributed by atoms with van der Waals surface area (Å²) >= 11 is 0. The maximum absolute atomic E-state index is 12.5. The Kier molecular flexibility index (Phi) is 7.65. The quantitative estimate of drug-likeness (QED) is 0.598. The summed E-state index contributed by atoms with van der Waals surface area (Å²) < 4.78 is 28.1. The maximum atomic E-state index is 12.5. The third kappa shape index (κ3) is 4.48. The lowest BCUT2D eigenvalue weighted by atomic mass is 10.1. The summed E-state index contributed by atoms with van der Waals surface area (Å²) in [6, 6.07) is 0. The molecular formula is C22H40N2O7Si2. The SMILES string of the molecule is Cc1cn([C@@H]2O[C@H]3CO[Si](C(C)C)(C(C)C)O[Si](C(C)C)(C(C)C)O[C@@H]3[C@H]2O)c(=O)[nH]c1=O. The molecule has 0 radical (unpaired) electrons. The number of nitrogens with one attached hydrogen (secondary N) is 1. The van der Waals surface area contributed by atoms with Gasteiger partial charge < -0.3 is 22.8 Å². The van der Waals surface area contributed by atoms with Crippen LogP contribution < -0.4 is 11.2 Å². The molecule has 2 aliphatic rings. The van der Waals surface area contributed by atoms with E-state index in [1.54, 1.807) is 6.92 Å². The van der Waals surface area contributed by atoms with Crippen molar-refractivity contribution in [2.75, 3.05) is 6.61 Å². The number of aliphatic hydroxyl groups is 1. The summed E-state index contributed by atoms with van der Waals surface area (Å²) in [5.41, 5.74) is -0.151. The fraction of sp³-hybridized carbons (Fsp3) is 0.818. The van der Waals surface area contributed by atoms with Gasteiger partial charge in [-0.2, -0.15) is 0 Å². The zero-order valence-electron chi connectivity index (χ0n) is 21.2. The lowest BCUT2D eigenvalue weighted by Gasteiger charge is -2.51. The van der Waals surface area contributed by atoms with Gasteiger partial charge in [0, 0.05) is 11.8 Å². The summed E-state index contributed by atoms with van der Waals surface area (Å²) in [5, 5.41) is 11.3. The second kappa shape index (κ2) is 9.52. The third-order valence-corrected chi connectivity index (χ3v) is 17.3. The topological polar surface area (TPSA) is 112 Å². The molecule has 0 unspecified atom stereocenters. The molecule has 3 rings (SSSR count). The molecule has 2 N–H and O–H groups in total. The Morgan fingerprint density at radius 2 is 1.55 bits per heavy atom. The van der Waals surface area contributed by atoms with E-state index in [1.807, 2.05) is 0 Å². The molecule has 3 heterocycles. The molecule has 0 aliphatic carbocycles. The van der Waals surface area contributed by atoms with E-state index in [0.717, 1.165) is 0 Å². The van der Waals surface area contributed by atoms with E-state index in [9.17, 15) is 14.7 Å². The Bertz CT molecular complexity index is 943. The van der Waals surface area contributed by atoms with Gasteiger partial charge in [-0.3, -0.25) is 14.3 Å². The number of fused-ring (bicyclic) bond motifs is 1. The fourth-order valence-corrected chi connectivity index (χ4v) is 16.4. The first-order chi connectivity index (χ1) is 15.3. The van der Waals surface area contributed by atoms with Crippen molar-refractivity contribution in [3.63, 3.8) is 0 Å². The van der Waals surface area contributed by atoms with Gasteiger partial charge in [-0.05, 0) is 29.1 Å². The van der Waals surface area contributed by atoms with Crippen LogP contribution in [0.15, 0.2) is 15.8 Å². The van der Waals surface area contributed by atoms with Crippen LogP contribution in [0.3, 0.4) is 0 Å². The Balaban J connectivity index is 2.10. The minimum absolute atomic E-state index is 0.105. The molecule has 2 aliphatic heterocycles. The highest BCUT2D eigenvalue weighted by atomic mass is 28.5. The van der Waals surface area contributed by atoms with Crippen LogP contribution in [0.4, 0.5) is 0 Å². The largest absolute Gasteiger partial charge is 0.414 e. The second-order valence-electron chi connectivity index (χ2n) is 10.6.